The van der Waals surface area contributed by atoms with Crippen LogP contribution in [-0.2, 0) is 0 Å². The molecule has 0 saturated heterocycles. The summed E-state index contributed by atoms with van der Waals surface area (Å²) in [6.45, 7) is 7.90. The number of tetrazole rings is 1. The normalized spacial score (nSPS) is 12.4. The molecule has 6 nitrogen and oxygen atoms in total. The van der Waals surface area contributed by atoms with Gasteiger partial charge in [0.2, 0.25) is 5.16 Å². The number of fused-ring (bicyclic) bond motifs is 1. The molecule has 0 saturated carbocycles. The average molecular weight is 392 g/mol. The van der Waals surface area contributed by atoms with Crippen LogP contribution < -0.4 is 0 Å². The number of benzene rings is 2. The summed E-state index contributed by atoms with van der Waals surface area (Å²) < 4.78 is 1.72. The highest BCUT2D eigenvalue weighted by Gasteiger charge is 2.25. The first-order valence-corrected chi connectivity index (χ1v) is 9.98. The zero-order chi connectivity index (χ0) is 19.8. The summed E-state index contributed by atoms with van der Waals surface area (Å²) in [4.78, 5) is 16.5. The second kappa shape index (κ2) is 7.24. The predicted octanol–water partition coefficient (Wildman–Crippen LogP) is 4.43. The van der Waals surface area contributed by atoms with Crippen molar-refractivity contribution in [3.05, 3.63) is 64.8 Å². The van der Waals surface area contributed by atoms with Crippen molar-refractivity contribution in [2.45, 2.75) is 38.1 Å². The number of nitrogens with zero attached hydrogens (tertiary/aromatic N) is 4. The number of carbonyl (C=O) groups is 1. The second-order valence-corrected chi connectivity index (χ2v) is 8.22. The van der Waals surface area contributed by atoms with Crippen LogP contribution in [-0.4, -0.2) is 36.2 Å². The van der Waals surface area contributed by atoms with Crippen molar-refractivity contribution in [3.63, 3.8) is 0 Å². The molecule has 2 aromatic heterocycles. The molecule has 0 spiro atoms. The van der Waals surface area contributed by atoms with Gasteiger partial charge in [-0.1, -0.05) is 48.2 Å². The molecule has 0 aliphatic carbocycles. The Morgan fingerprint density at radius 1 is 1.07 bits per heavy atom. The molecule has 2 heterocycles. The van der Waals surface area contributed by atoms with E-state index in [4.69, 9.17) is 0 Å². The van der Waals surface area contributed by atoms with Crippen molar-refractivity contribution in [3.8, 4) is 5.69 Å². The van der Waals surface area contributed by atoms with Crippen molar-refractivity contribution < 1.29 is 4.79 Å². The molecule has 0 amide bonds. The minimum Gasteiger partial charge on any atom is -0.358 e. The lowest BCUT2D eigenvalue weighted by molar-refractivity contribution is 0.0995. The zero-order valence-corrected chi connectivity index (χ0v) is 17.0. The summed E-state index contributed by atoms with van der Waals surface area (Å²) in [5.74, 6) is 0.0657. The summed E-state index contributed by atoms with van der Waals surface area (Å²) >= 11 is 1.38. The maximum atomic E-state index is 13.2. The maximum Gasteiger partial charge on any atom is 0.214 e. The largest absolute Gasteiger partial charge is 0.358 e. The molecule has 0 bridgehead atoms. The van der Waals surface area contributed by atoms with Gasteiger partial charge in [0.05, 0.1) is 10.9 Å². The molecule has 0 aliphatic rings. The van der Waals surface area contributed by atoms with Crippen LogP contribution in [0.2, 0.25) is 0 Å². The van der Waals surface area contributed by atoms with E-state index in [0.29, 0.717) is 5.16 Å². The van der Waals surface area contributed by atoms with E-state index in [9.17, 15) is 4.79 Å². The Morgan fingerprint density at radius 2 is 1.79 bits per heavy atom. The minimum absolute atomic E-state index is 0.0657. The molecule has 4 rings (SSSR count). The van der Waals surface area contributed by atoms with Crippen molar-refractivity contribution in [1.29, 1.82) is 0 Å². The molecule has 7 heteroatoms. The number of rotatable bonds is 5. The van der Waals surface area contributed by atoms with Gasteiger partial charge in [-0.25, -0.2) is 0 Å². The highest BCUT2D eigenvalue weighted by molar-refractivity contribution is 8.00. The molecule has 2 aromatic carbocycles. The second-order valence-electron chi connectivity index (χ2n) is 6.91. The number of para-hydroxylation sites is 2. The van der Waals surface area contributed by atoms with E-state index in [1.807, 2.05) is 70.2 Å². The predicted molar refractivity (Wildman–Crippen MR) is 111 cm³/mol. The summed E-state index contributed by atoms with van der Waals surface area (Å²) in [5.41, 5.74) is 5.72. The van der Waals surface area contributed by atoms with Crippen LogP contribution in [0, 0.1) is 20.8 Å². The highest BCUT2D eigenvalue weighted by Crippen LogP contribution is 2.30. The number of thioether (sulfide) groups is 1. The number of ketones is 1. The smallest absolute Gasteiger partial charge is 0.214 e. The van der Waals surface area contributed by atoms with Crippen molar-refractivity contribution in [2.24, 2.45) is 0 Å². The molecule has 28 heavy (non-hydrogen) atoms. The highest BCUT2D eigenvalue weighted by atomic mass is 32.2. The van der Waals surface area contributed by atoms with Gasteiger partial charge in [0, 0.05) is 22.2 Å². The number of hydrogen-bond acceptors (Lipinski definition) is 5. The Morgan fingerprint density at radius 3 is 2.54 bits per heavy atom. The van der Waals surface area contributed by atoms with Gasteiger partial charge in [0.1, 0.15) is 0 Å². The molecule has 0 unspecified atom stereocenters. The van der Waals surface area contributed by atoms with Gasteiger partial charge < -0.3 is 4.98 Å². The standard InChI is InChI=1S/C21H21N5OS/c1-12-8-7-9-13(2)19(12)26-21(23-24-25-26)28-15(4)20(27)18-14(3)22-17-11-6-5-10-16(17)18/h5-11,15,22H,1-4H3/t15-/m1/s1. The summed E-state index contributed by atoms with van der Waals surface area (Å²) in [6, 6.07) is 13.9. The molecule has 0 radical (unpaired) electrons. The molecule has 1 atom stereocenters. The summed E-state index contributed by atoms with van der Waals surface area (Å²) in [7, 11) is 0. The maximum absolute atomic E-state index is 13.2. The zero-order valence-electron chi connectivity index (χ0n) is 16.2. The summed E-state index contributed by atoms with van der Waals surface area (Å²) in [6.07, 6.45) is 0. The molecular formula is C21H21N5OS. The third-order valence-corrected chi connectivity index (χ3v) is 5.92. The Hall–Kier alpha value is -2.93. The molecule has 142 valence electrons. The Balaban J connectivity index is 1.67. The summed E-state index contributed by atoms with van der Waals surface area (Å²) in [5, 5.41) is 13.4. The van der Waals surface area contributed by atoms with Gasteiger partial charge in [-0.15, -0.1) is 5.10 Å². The molecule has 0 fully saturated rings. The van der Waals surface area contributed by atoms with Crippen molar-refractivity contribution in [1.82, 2.24) is 25.2 Å². The Bertz CT molecular complexity index is 1160. The van der Waals surface area contributed by atoms with Gasteiger partial charge in [-0.05, 0) is 55.3 Å². The number of H-pyrrole nitrogens is 1. The average Bonchev–Trinajstić information content (AvgIpc) is 3.24. The van der Waals surface area contributed by atoms with Gasteiger partial charge in [0.25, 0.3) is 0 Å². The van der Waals surface area contributed by atoms with E-state index < -0.39 is 0 Å². The van der Waals surface area contributed by atoms with Gasteiger partial charge >= 0.3 is 0 Å². The topological polar surface area (TPSA) is 76.5 Å². The lowest BCUT2D eigenvalue weighted by Crippen LogP contribution is -2.16. The SMILES string of the molecule is Cc1cccc(C)c1-n1nnnc1S[C@H](C)C(=O)c1c(C)[nH]c2ccccc12. The number of carbonyl (C=O) groups excluding carboxylic acids is 1. The van der Waals surface area contributed by atoms with E-state index in [0.717, 1.165) is 39.0 Å². The molecule has 4 aromatic rings. The number of hydrogen-bond donors (Lipinski definition) is 1. The monoisotopic (exact) mass is 391 g/mol. The number of aromatic amines is 1. The third kappa shape index (κ3) is 3.11. The first kappa shape index (κ1) is 18.4. The van der Waals surface area contributed by atoms with Crippen LogP contribution in [0.3, 0.4) is 0 Å². The van der Waals surface area contributed by atoms with E-state index in [1.165, 1.54) is 11.8 Å². The number of aryl methyl sites for hydroxylation is 3. The third-order valence-electron chi connectivity index (χ3n) is 4.88. The lowest BCUT2D eigenvalue weighted by atomic mass is 10.1. The number of aromatic nitrogens is 5. The van der Waals surface area contributed by atoms with Crippen LogP contribution in [0.4, 0.5) is 0 Å². The van der Waals surface area contributed by atoms with Crippen LogP contribution in [0.1, 0.15) is 34.1 Å². The van der Waals surface area contributed by atoms with Gasteiger partial charge in [-0.3, -0.25) is 4.79 Å². The van der Waals surface area contributed by atoms with E-state index >= 15 is 0 Å². The van der Waals surface area contributed by atoms with E-state index in [-0.39, 0.29) is 11.0 Å². The van der Waals surface area contributed by atoms with Crippen LogP contribution in [0.5, 0.6) is 0 Å². The van der Waals surface area contributed by atoms with Crippen LogP contribution in [0.15, 0.2) is 47.6 Å². The molecule has 0 aliphatic heterocycles. The Labute approximate surface area is 167 Å². The van der Waals surface area contributed by atoms with Crippen LogP contribution >= 0.6 is 11.8 Å². The number of Topliss-reactive ketones (excluding diaryl/α,β-unsaturated/α-hetero) is 1. The van der Waals surface area contributed by atoms with Crippen molar-refractivity contribution >= 4 is 28.4 Å². The van der Waals surface area contributed by atoms with Crippen LogP contribution in [0.25, 0.3) is 16.6 Å². The first-order valence-electron chi connectivity index (χ1n) is 9.10. The number of nitrogens with one attached hydrogen (secondary N) is 1. The van der Waals surface area contributed by atoms with E-state index in [1.54, 1.807) is 4.68 Å². The fraction of sp³-hybridized carbons (Fsp3) is 0.238. The fourth-order valence-electron chi connectivity index (χ4n) is 3.54. The Kier molecular flexibility index (Phi) is 4.77. The first-order chi connectivity index (χ1) is 13.5. The lowest BCUT2D eigenvalue weighted by Gasteiger charge is -2.13. The fourth-order valence-corrected chi connectivity index (χ4v) is 4.39. The quantitative estimate of drug-likeness (QED) is 0.402. The van der Waals surface area contributed by atoms with Gasteiger partial charge in [-0.2, -0.15) is 4.68 Å². The molecule has 1 N–H and O–H groups in total. The van der Waals surface area contributed by atoms with E-state index in [2.05, 4.69) is 20.5 Å². The van der Waals surface area contributed by atoms with Gasteiger partial charge in [0.15, 0.2) is 5.78 Å². The van der Waals surface area contributed by atoms with Crippen molar-refractivity contribution in [2.75, 3.05) is 0 Å². The molecular weight excluding hydrogens is 370 g/mol. The minimum atomic E-state index is -0.327.